The van der Waals surface area contributed by atoms with Crippen molar-refractivity contribution in [1.29, 1.82) is 0 Å². The summed E-state index contributed by atoms with van der Waals surface area (Å²) in [6, 6.07) is 1.37. The van der Waals surface area contributed by atoms with Gasteiger partial charge in [-0.15, -0.1) is 0 Å². The Morgan fingerprint density at radius 1 is 1.33 bits per heavy atom. The molecule has 1 atom stereocenters. The van der Waals surface area contributed by atoms with Gasteiger partial charge in [0.1, 0.15) is 23.7 Å². The van der Waals surface area contributed by atoms with Gasteiger partial charge in [-0.2, -0.15) is 5.10 Å². The molecule has 21 heavy (non-hydrogen) atoms. The average Bonchev–Trinajstić information content (AvgIpc) is 2.95. The number of hydrogen-bond donors (Lipinski definition) is 1. The molecular formula is C14H20N6O. The van der Waals surface area contributed by atoms with Gasteiger partial charge >= 0.3 is 0 Å². The van der Waals surface area contributed by atoms with Crippen molar-refractivity contribution in [2.75, 3.05) is 0 Å². The molecular weight excluding hydrogens is 268 g/mol. The molecule has 0 saturated heterocycles. The largest absolute Gasteiger partial charge is 0.341 e. The maximum absolute atomic E-state index is 12.3. The molecule has 0 saturated carbocycles. The van der Waals surface area contributed by atoms with Crippen LogP contribution in [0.2, 0.25) is 0 Å². The van der Waals surface area contributed by atoms with E-state index in [1.165, 1.54) is 6.33 Å². The summed E-state index contributed by atoms with van der Waals surface area (Å²) in [5.74, 6) is 1.33. The number of nitrogens with one attached hydrogen (secondary N) is 1. The van der Waals surface area contributed by atoms with E-state index in [4.69, 9.17) is 0 Å². The number of carbonyl (C=O) groups excluding carboxylic acids is 1. The minimum absolute atomic E-state index is 0.179. The van der Waals surface area contributed by atoms with Gasteiger partial charge in [-0.1, -0.05) is 13.8 Å². The molecule has 112 valence electrons. The normalized spacial score (nSPS) is 12.4. The number of carbonyl (C=O) groups is 1. The smallest absolute Gasteiger partial charge is 0.270 e. The van der Waals surface area contributed by atoms with Crippen molar-refractivity contribution < 1.29 is 4.79 Å². The monoisotopic (exact) mass is 288 g/mol. The van der Waals surface area contributed by atoms with E-state index in [0.717, 1.165) is 5.82 Å². The second-order valence-corrected chi connectivity index (χ2v) is 5.08. The molecule has 0 aliphatic rings. The number of amides is 1. The molecule has 2 rings (SSSR count). The van der Waals surface area contributed by atoms with Crippen molar-refractivity contribution in [3.63, 3.8) is 0 Å². The highest BCUT2D eigenvalue weighted by Crippen LogP contribution is 2.11. The molecule has 1 N–H and O–H groups in total. The average molecular weight is 288 g/mol. The second-order valence-electron chi connectivity index (χ2n) is 5.08. The topological polar surface area (TPSA) is 85.6 Å². The van der Waals surface area contributed by atoms with Crippen LogP contribution in [0.5, 0.6) is 0 Å². The van der Waals surface area contributed by atoms with Gasteiger partial charge in [-0.3, -0.25) is 4.79 Å². The first-order chi connectivity index (χ1) is 10.0. The minimum atomic E-state index is -0.239. The summed E-state index contributed by atoms with van der Waals surface area (Å²) in [5.41, 5.74) is 0.364. The lowest BCUT2D eigenvalue weighted by Gasteiger charge is -2.14. The molecule has 0 fully saturated rings. The highest BCUT2D eigenvalue weighted by molar-refractivity contribution is 5.92. The van der Waals surface area contributed by atoms with Crippen LogP contribution in [0, 0.1) is 0 Å². The van der Waals surface area contributed by atoms with E-state index in [-0.39, 0.29) is 17.9 Å². The fourth-order valence-electron chi connectivity index (χ4n) is 1.97. The molecule has 7 nitrogen and oxygen atoms in total. The lowest BCUT2D eigenvalue weighted by atomic mass is 10.2. The SMILES string of the molecule is CCn1ncnc1C(C)NC(=O)c1ccnc(C(C)C)n1. The van der Waals surface area contributed by atoms with Gasteiger partial charge in [0, 0.05) is 18.7 Å². The van der Waals surface area contributed by atoms with E-state index in [9.17, 15) is 4.79 Å². The van der Waals surface area contributed by atoms with Gasteiger partial charge in [0.25, 0.3) is 5.91 Å². The molecule has 7 heteroatoms. The van der Waals surface area contributed by atoms with E-state index >= 15 is 0 Å². The van der Waals surface area contributed by atoms with Gasteiger partial charge in [-0.05, 0) is 19.9 Å². The second kappa shape index (κ2) is 6.43. The van der Waals surface area contributed by atoms with Gasteiger partial charge in [0.15, 0.2) is 0 Å². The van der Waals surface area contributed by atoms with Gasteiger partial charge in [-0.25, -0.2) is 19.6 Å². The Morgan fingerprint density at radius 3 is 2.76 bits per heavy atom. The highest BCUT2D eigenvalue weighted by atomic mass is 16.1. The van der Waals surface area contributed by atoms with Crippen LogP contribution in [0.4, 0.5) is 0 Å². The minimum Gasteiger partial charge on any atom is -0.341 e. The van der Waals surface area contributed by atoms with Crippen LogP contribution in [0.15, 0.2) is 18.6 Å². The number of nitrogens with zero attached hydrogens (tertiary/aromatic N) is 5. The van der Waals surface area contributed by atoms with Crippen LogP contribution in [0.1, 0.15) is 61.8 Å². The Kier molecular flexibility index (Phi) is 4.62. The first-order valence-corrected chi connectivity index (χ1v) is 7.04. The fourth-order valence-corrected chi connectivity index (χ4v) is 1.97. The molecule has 2 heterocycles. The third-order valence-corrected chi connectivity index (χ3v) is 3.10. The quantitative estimate of drug-likeness (QED) is 0.905. The first kappa shape index (κ1) is 15.1. The van der Waals surface area contributed by atoms with E-state index < -0.39 is 0 Å². The molecule has 0 aromatic carbocycles. The maximum atomic E-state index is 12.3. The maximum Gasteiger partial charge on any atom is 0.270 e. The van der Waals surface area contributed by atoms with Crippen molar-refractivity contribution in [2.24, 2.45) is 0 Å². The Bertz CT molecular complexity index is 621. The van der Waals surface area contributed by atoms with Crippen LogP contribution >= 0.6 is 0 Å². The van der Waals surface area contributed by atoms with E-state index in [0.29, 0.717) is 18.1 Å². The molecule has 0 aliphatic heterocycles. The Morgan fingerprint density at radius 2 is 2.10 bits per heavy atom. The van der Waals surface area contributed by atoms with Crippen LogP contribution in [-0.4, -0.2) is 30.6 Å². The molecule has 2 aromatic heterocycles. The Hall–Kier alpha value is -2.31. The summed E-state index contributed by atoms with van der Waals surface area (Å²) in [6.07, 6.45) is 3.10. The standard InChI is InChI=1S/C14H20N6O/c1-5-20-13(16-8-17-20)10(4)18-14(21)11-6-7-15-12(19-11)9(2)3/h6-10H,5H2,1-4H3,(H,18,21). The number of rotatable bonds is 5. The van der Waals surface area contributed by atoms with E-state index in [1.54, 1.807) is 16.9 Å². The molecule has 0 radical (unpaired) electrons. The first-order valence-electron chi connectivity index (χ1n) is 7.04. The number of aryl methyl sites for hydroxylation is 1. The summed E-state index contributed by atoms with van der Waals surface area (Å²) in [7, 11) is 0. The summed E-state index contributed by atoms with van der Waals surface area (Å²) in [4.78, 5) is 24.9. The van der Waals surface area contributed by atoms with Gasteiger partial charge < -0.3 is 5.32 Å². The molecule has 0 bridgehead atoms. The lowest BCUT2D eigenvalue weighted by Crippen LogP contribution is -2.29. The van der Waals surface area contributed by atoms with Crippen LogP contribution in [0.3, 0.4) is 0 Å². The summed E-state index contributed by atoms with van der Waals surface area (Å²) >= 11 is 0. The summed E-state index contributed by atoms with van der Waals surface area (Å²) < 4.78 is 1.75. The van der Waals surface area contributed by atoms with Crippen molar-refractivity contribution in [3.05, 3.63) is 35.9 Å². The zero-order valence-electron chi connectivity index (χ0n) is 12.7. The van der Waals surface area contributed by atoms with Crippen molar-refractivity contribution in [3.8, 4) is 0 Å². The van der Waals surface area contributed by atoms with Crippen molar-refractivity contribution in [1.82, 2.24) is 30.0 Å². The number of hydrogen-bond acceptors (Lipinski definition) is 5. The van der Waals surface area contributed by atoms with Crippen LogP contribution in [-0.2, 0) is 6.54 Å². The molecule has 2 aromatic rings. The van der Waals surface area contributed by atoms with Gasteiger partial charge in [0.2, 0.25) is 0 Å². The Labute approximate surface area is 123 Å². The summed E-state index contributed by atoms with van der Waals surface area (Å²) in [5, 5.41) is 6.99. The Balaban J connectivity index is 2.12. The van der Waals surface area contributed by atoms with E-state index in [2.05, 4.69) is 25.4 Å². The molecule has 1 unspecified atom stereocenters. The lowest BCUT2D eigenvalue weighted by molar-refractivity contribution is 0.0932. The van der Waals surface area contributed by atoms with Crippen molar-refractivity contribution in [2.45, 2.75) is 46.2 Å². The number of aromatic nitrogens is 5. The van der Waals surface area contributed by atoms with Crippen molar-refractivity contribution >= 4 is 5.91 Å². The third kappa shape index (κ3) is 3.42. The molecule has 1 amide bonds. The van der Waals surface area contributed by atoms with Crippen LogP contribution in [0.25, 0.3) is 0 Å². The predicted molar refractivity (Wildman–Crippen MR) is 77.7 cm³/mol. The summed E-state index contributed by atoms with van der Waals surface area (Å²) in [6.45, 7) is 8.54. The highest BCUT2D eigenvalue weighted by Gasteiger charge is 2.17. The van der Waals surface area contributed by atoms with Gasteiger partial charge in [0.05, 0.1) is 6.04 Å². The van der Waals surface area contributed by atoms with Crippen LogP contribution < -0.4 is 5.32 Å². The predicted octanol–water partition coefficient (Wildman–Crippen LogP) is 1.70. The van der Waals surface area contributed by atoms with E-state index in [1.807, 2.05) is 27.7 Å². The molecule has 0 aliphatic carbocycles. The zero-order chi connectivity index (χ0) is 15.4. The zero-order valence-corrected chi connectivity index (χ0v) is 12.7. The molecule has 0 spiro atoms. The third-order valence-electron chi connectivity index (χ3n) is 3.10. The fraction of sp³-hybridized carbons (Fsp3) is 0.500.